The van der Waals surface area contributed by atoms with E-state index in [0.717, 1.165) is 46.4 Å². The molecule has 3 aromatic rings. The Bertz CT molecular complexity index is 1110. The molecular formula is C22H22N2O3. The molecule has 1 aromatic heterocycles. The van der Waals surface area contributed by atoms with Crippen molar-refractivity contribution >= 4 is 28.3 Å². The fourth-order valence-corrected chi connectivity index (χ4v) is 3.71. The maximum Gasteiger partial charge on any atom is 0.336 e. The van der Waals surface area contributed by atoms with Crippen LogP contribution in [0.1, 0.15) is 29.2 Å². The van der Waals surface area contributed by atoms with Gasteiger partial charge in [0.2, 0.25) is 5.91 Å². The van der Waals surface area contributed by atoms with Crippen LogP contribution < -0.4 is 15.8 Å². The van der Waals surface area contributed by atoms with Crippen molar-refractivity contribution in [1.29, 1.82) is 0 Å². The summed E-state index contributed by atoms with van der Waals surface area (Å²) in [4.78, 5) is 25.5. The number of aryl methyl sites for hydroxylation is 2. The van der Waals surface area contributed by atoms with Gasteiger partial charge in [0.25, 0.3) is 0 Å². The second-order valence-corrected chi connectivity index (χ2v) is 7.09. The smallest absolute Gasteiger partial charge is 0.336 e. The van der Waals surface area contributed by atoms with Crippen molar-refractivity contribution in [2.24, 2.45) is 0 Å². The number of hydrogen-bond donors (Lipinski definition) is 1. The van der Waals surface area contributed by atoms with Gasteiger partial charge in [-0.15, -0.1) is 0 Å². The zero-order valence-corrected chi connectivity index (χ0v) is 15.8. The molecule has 0 spiro atoms. The molecule has 138 valence electrons. The topological polar surface area (TPSA) is 62.6 Å². The van der Waals surface area contributed by atoms with Crippen molar-refractivity contribution in [1.82, 2.24) is 0 Å². The number of fused-ring (bicyclic) bond motifs is 2. The summed E-state index contributed by atoms with van der Waals surface area (Å²) in [5.74, 6) is 0.0719. The second kappa shape index (κ2) is 6.58. The molecule has 1 N–H and O–H groups in total. The number of amides is 1. The first-order valence-electron chi connectivity index (χ1n) is 9.12. The van der Waals surface area contributed by atoms with E-state index in [9.17, 15) is 9.59 Å². The molecule has 0 aliphatic carbocycles. The Hall–Kier alpha value is -3.08. The van der Waals surface area contributed by atoms with Crippen molar-refractivity contribution in [3.05, 3.63) is 69.1 Å². The molecule has 1 aliphatic rings. The number of carbonyl (C=O) groups excluding carboxylic acids is 1. The van der Waals surface area contributed by atoms with Crippen molar-refractivity contribution < 1.29 is 9.21 Å². The van der Waals surface area contributed by atoms with Crippen LogP contribution in [0, 0.1) is 13.8 Å². The van der Waals surface area contributed by atoms with Crippen molar-refractivity contribution in [2.45, 2.75) is 33.7 Å². The Morgan fingerprint density at radius 2 is 2.00 bits per heavy atom. The lowest BCUT2D eigenvalue weighted by molar-refractivity contribution is -0.116. The summed E-state index contributed by atoms with van der Waals surface area (Å²) in [5, 5.41) is 4.36. The van der Waals surface area contributed by atoms with E-state index in [-0.39, 0.29) is 11.5 Å². The lowest BCUT2D eigenvalue weighted by Gasteiger charge is -2.15. The van der Waals surface area contributed by atoms with Crippen LogP contribution in [0.2, 0.25) is 0 Å². The molecule has 0 fully saturated rings. The highest BCUT2D eigenvalue weighted by Gasteiger charge is 2.22. The minimum atomic E-state index is -0.334. The summed E-state index contributed by atoms with van der Waals surface area (Å²) in [6.45, 7) is 6.83. The van der Waals surface area contributed by atoms with Gasteiger partial charge in [0.05, 0.1) is 0 Å². The molecule has 5 nitrogen and oxygen atoms in total. The maximum atomic E-state index is 12.0. The summed E-state index contributed by atoms with van der Waals surface area (Å²) in [7, 11) is 0. The molecule has 0 atom stereocenters. The van der Waals surface area contributed by atoms with E-state index < -0.39 is 0 Å². The van der Waals surface area contributed by atoms with Gasteiger partial charge in [-0.25, -0.2) is 4.79 Å². The SMILES string of the molecule is CC(=O)N1CCc2cc(NCc3cc(=O)oc4c(C)c(C)ccc34)ccc21. The van der Waals surface area contributed by atoms with E-state index in [1.54, 1.807) is 17.9 Å². The van der Waals surface area contributed by atoms with E-state index >= 15 is 0 Å². The third kappa shape index (κ3) is 3.10. The van der Waals surface area contributed by atoms with E-state index in [1.807, 2.05) is 38.1 Å². The lowest BCUT2D eigenvalue weighted by Crippen LogP contribution is -2.25. The van der Waals surface area contributed by atoms with Gasteiger partial charge in [-0.05, 0) is 60.7 Å². The summed E-state index contributed by atoms with van der Waals surface area (Å²) in [6, 6.07) is 11.6. The molecule has 27 heavy (non-hydrogen) atoms. The highest BCUT2D eigenvalue weighted by molar-refractivity contribution is 5.94. The standard InChI is InChI=1S/C22H22N2O3/c1-13-4-6-19-17(11-21(26)27-22(19)14(13)2)12-23-18-5-7-20-16(10-18)8-9-24(20)15(3)25/h4-7,10-11,23H,8-9,12H2,1-3H3. The van der Waals surface area contributed by atoms with Crippen LogP contribution in [0.4, 0.5) is 11.4 Å². The number of hydrogen-bond acceptors (Lipinski definition) is 4. The van der Waals surface area contributed by atoms with Crippen LogP contribution in [0.25, 0.3) is 11.0 Å². The fraction of sp³-hybridized carbons (Fsp3) is 0.273. The molecule has 0 radical (unpaired) electrons. The highest BCUT2D eigenvalue weighted by atomic mass is 16.4. The normalized spacial score (nSPS) is 13.1. The van der Waals surface area contributed by atoms with E-state index in [2.05, 4.69) is 11.4 Å². The number of nitrogens with zero attached hydrogens (tertiary/aromatic N) is 1. The maximum absolute atomic E-state index is 12.0. The molecule has 5 heteroatoms. The molecule has 0 bridgehead atoms. The number of nitrogens with one attached hydrogen (secondary N) is 1. The van der Waals surface area contributed by atoms with Gasteiger partial charge >= 0.3 is 5.63 Å². The number of benzene rings is 2. The average Bonchev–Trinajstić information content (AvgIpc) is 3.06. The number of carbonyl (C=O) groups is 1. The van der Waals surface area contributed by atoms with Gasteiger partial charge in [0.15, 0.2) is 0 Å². The molecule has 4 rings (SSSR count). The fourth-order valence-electron chi connectivity index (χ4n) is 3.71. The lowest BCUT2D eigenvalue weighted by atomic mass is 10.0. The average molecular weight is 362 g/mol. The first kappa shape index (κ1) is 17.3. The van der Waals surface area contributed by atoms with Gasteiger partial charge in [-0.3, -0.25) is 4.79 Å². The molecule has 0 saturated carbocycles. The minimum absolute atomic E-state index is 0.0719. The number of anilines is 2. The van der Waals surface area contributed by atoms with Crippen LogP contribution in [0.3, 0.4) is 0 Å². The van der Waals surface area contributed by atoms with Gasteiger partial charge < -0.3 is 14.6 Å². The molecule has 2 heterocycles. The Balaban J connectivity index is 1.62. The van der Waals surface area contributed by atoms with Crippen LogP contribution >= 0.6 is 0 Å². The zero-order valence-electron chi connectivity index (χ0n) is 15.8. The predicted octanol–water partition coefficient (Wildman–Crippen LogP) is 3.93. The van der Waals surface area contributed by atoms with Crippen molar-refractivity contribution in [3.8, 4) is 0 Å². The second-order valence-electron chi connectivity index (χ2n) is 7.09. The monoisotopic (exact) mass is 362 g/mol. The Kier molecular flexibility index (Phi) is 4.22. The summed E-state index contributed by atoms with van der Waals surface area (Å²) < 4.78 is 5.44. The third-order valence-electron chi connectivity index (χ3n) is 5.36. The Morgan fingerprint density at radius 3 is 2.78 bits per heavy atom. The van der Waals surface area contributed by atoms with E-state index in [1.165, 1.54) is 5.56 Å². The van der Waals surface area contributed by atoms with Crippen molar-refractivity contribution in [2.75, 3.05) is 16.8 Å². The molecule has 1 amide bonds. The molecule has 2 aromatic carbocycles. The van der Waals surface area contributed by atoms with Crippen LogP contribution in [0.5, 0.6) is 0 Å². The molecule has 0 saturated heterocycles. The van der Waals surface area contributed by atoms with E-state index in [4.69, 9.17) is 4.42 Å². The van der Waals surface area contributed by atoms with Crippen LogP contribution in [0.15, 0.2) is 45.6 Å². The highest BCUT2D eigenvalue weighted by Crippen LogP contribution is 2.31. The molecule has 1 aliphatic heterocycles. The minimum Gasteiger partial charge on any atom is -0.422 e. The first-order chi connectivity index (χ1) is 12.9. The first-order valence-corrected chi connectivity index (χ1v) is 9.12. The molecule has 0 unspecified atom stereocenters. The molecular weight excluding hydrogens is 340 g/mol. The van der Waals surface area contributed by atoms with Gasteiger partial charge in [-0.2, -0.15) is 0 Å². The largest absolute Gasteiger partial charge is 0.422 e. The Morgan fingerprint density at radius 1 is 1.19 bits per heavy atom. The quantitative estimate of drug-likeness (QED) is 0.717. The number of rotatable bonds is 3. The summed E-state index contributed by atoms with van der Waals surface area (Å²) in [5.41, 5.74) is 6.46. The van der Waals surface area contributed by atoms with Gasteiger partial charge in [0.1, 0.15) is 5.58 Å². The van der Waals surface area contributed by atoms with E-state index in [0.29, 0.717) is 12.1 Å². The van der Waals surface area contributed by atoms with Crippen LogP contribution in [-0.2, 0) is 17.8 Å². The third-order valence-corrected chi connectivity index (χ3v) is 5.36. The summed E-state index contributed by atoms with van der Waals surface area (Å²) in [6.07, 6.45) is 0.862. The Labute approximate surface area is 157 Å². The van der Waals surface area contributed by atoms with Gasteiger partial charge in [-0.1, -0.05) is 12.1 Å². The van der Waals surface area contributed by atoms with Crippen LogP contribution in [-0.4, -0.2) is 12.5 Å². The summed E-state index contributed by atoms with van der Waals surface area (Å²) >= 11 is 0. The zero-order chi connectivity index (χ0) is 19.1. The van der Waals surface area contributed by atoms with Crippen molar-refractivity contribution in [3.63, 3.8) is 0 Å². The van der Waals surface area contributed by atoms with Gasteiger partial charge in [0, 0.05) is 42.8 Å². The predicted molar refractivity (Wildman–Crippen MR) is 107 cm³/mol.